The van der Waals surface area contributed by atoms with Crippen LogP contribution in [0.15, 0.2) is 36.7 Å². The van der Waals surface area contributed by atoms with Gasteiger partial charge < -0.3 is 10.6 Å². The first-order valence-corrected chi connectivity index (χ1v) is 4.87. The molecule has 0 unspecified atom stereocenters. The Morgan fingerprint density at radius 2 is 2.12 bits per heavy atom. The first kappa shape index (κ1) is 10.2. The Morgan fingerprint density at radius 1 is 1.31 bits per heavy atom. The first-order valence-electron chi connectivity index (χ1n) is 4.87. The lowest BCUT2D eigenvalue weighted by Gasteiger charge is -2.06. The molecule has 1 heterocycles. The summed E-state index contributed by atoms with van der Waals surface area (Å²) in [4.78, 5) is 11.5. The standard InChI is InChI=1S/C11H12N4O/c1-8-3-2-4-9(5-8)14-11(16)15-10-6-12-13-7-10/h2-7H,1H3,(H,12,13)(H2,14,15,16). The maximum absolute atomic E-state index is 11.5. The number of H-pyrrole nitrogens is 1. The molecule has 2 aromatic rings. The summed E-state index contributed by atoms with van der Waals surface area (Å²) in [6, 6.07) is 7.31. The molecular formula is C11H12N4O. The lowest BCUT2D eigenvalue weighted by molar-refractivity contribution is 0.262. The van der Waals surface area contributed by atoms with Gasteiger partial charge in [-0.3, -0.25) is 5.10 Å². The summed E-state index contributed by atoms with van der Waals surface area (Å²) in [5, 5.41) is 11.7. The van der Waals surface area contributed by atoms with Gasteiger partial charge in [0.15, 0.2) is 0 Å². The zero-order chi connectivity index (χ0) is 11.4. The minimum absolute atomic E-state index is 0.285. The molecule has 0 aliphatic carbocycles. The van der Waals surface area contributed by atoms with Crippen LogP contribution in [-0.4, -0.2) is 16.2 Å². The normalized spacial score (nSPS) is 9.81. The van der Waals surface area contributed by atoms with E-state index in [-0.39, 0.29) is 6.03 Å². The molecule has 1 aromatic heterocycles. The van der Waals surface area contributed by atoms with Crippen LogP contribution in [-0.2, 0) is 0 Å². The van der Waals surface area contributed by atoms with Crippen LogP contribution in [0.2, 0.25) is 0 Å². The fourth-order valence-corrected chi connectivity index (χ4v) is 1.34. The van der Waals surface area contributed by atoms with Crippen molar-refractivity contribution in [2.45, 2.75) is 6.92 Å². The van der Waals surface area contributed by atoms with Crippen molar-refractivity contribution < 1.29 is 4.79 Å². The van der Waals surface area contributed by atoms with E-state index in [4.69, 9.17) is 0 Å². The topological polar surface area (TPSA) is 69.8 Å². The predicted octanol–water partition coefficient (Wildman–Crippen LogP) is 2.36. The summed E-state index contributed by atoms with van der Waals surface area (Å²) in [7, 11) is 0. The van der Waals surface area contributed by atoms with Gasteiger partial charge in [0.25, 0.3) is 0 Å². The molecule has 5 nitrogen and oxygen atoms in total. The highest BCUT2D eigenvalue weighted by Gasteiger charge is 2.02. The van der Waals surface area contributed by atoms with E-state index >= 15 is 0 Å². The third-order valence-electron chi connectivity index (χ3n) is 2.03. The number of amides is 2. The molecule has 0 spiro atoms. The molecule has 0 radical (unpaired) electrons. The van der Waals surface area contributed by atoms with Crippen molar-refractivity contribution in [3.63, 3.8) is 0 Å². The second kappa shape index (κ2) is 4.48. The highest BCUT2D eigenvalue weighted by molar-refractivity contribution is 5.99. The third kappa shape index (κ3) is 2.60. The van der Waals surface area contributed by atoms with Crippen molar-refractivity contribution in [1.29, 1.82) is 0 Å². The molecule has 3 N–H and O–H groups in total. The number of benzene rings is 1. The van der Waals surface area contributed by atoms with Gasteiger partial charge in [-0.05, 0) is 24.6 Å². The number of aryl methyl sites for hydroxylation is 1. The Bertz CT molecular complexity index is 478. The van der Waals surface area contributed by atoms with Crippen LogP contribution in [0.3, 0.4) is 0 Å². The smallest absolute Gasteiger partial charge is 0.308 e. The maximum atomic E-state index is 11.5. The molecular weight excluding hydrogens is 204 g/mol. The minimum Gasteiger partial charge on any atom is -0.308 e. The van der Waals surface area contributed by atoms with Gasteiger partial charge in [-0.2, -0.15) is 5.10 Å². The molecule has 0 saturated heterocycles. The number of hydrogen-bond acceptors (Lipinski definition) is 2. The Hall–Kier alpha value is -2.30. The zero-order valence-corrected chi connectivity index (χ0v) is 8.82. The number of hydrogen-bond donors (Lipinski definition) is 3. The molecule has 82 valence electrons. The summed E-state index contributed by atoms with van der Waals surface area (Å²) in [6.07, 6.45) is 3.14. The largest absolute Gasteiger partial charge is 0.323 e. The highest BCUT2D eigenvalue weighted by atomic mass is 16.2. The number of carbonyl (C=O) groups excluding carboxylic acids is 1. The molecule has 1 aromatic carbocycles. The van der Waals surface area contributed by atoms with Gasteiger partial charge >= 0.3 is 6.03 Å². The van der Waals surface area contributed by atoms with Crippen molar-refractivity contribution in [2.24, 2.45) is 0 Å². The van der Waals surface area contributed by atoms with E-state index in [0.717, 1.165) is 11.3 Å². The second-order valence-electron chi connectivity index (χ2n) is 3.44. The molecule has 0 bridgehead atoms. The lowest BCUT2D eigenvalue weighted by atomic mass is 10.2. The number of aromatic nitrogens is 2. The van der Waals surface area contributed by atoms with Crippen LogP contribution in [0.25, 0.3) is 0 Å². The van der Waals surface area contributed by atoms with Gasteiger partial charge in [-0.15, -0.1) is 0 Å². The average Bonchev–Trinajstić information content (AvgIpc) is 2.70. The van der Waals surface area contributed by atoms with Crippen LogP contribution >= 0.6 is 0 Å². The number of nitrogens with zero attached hydrogens (tertiary/aromatic N) is 1. The van der Waals surface area contributed by atoms with E-state index in [1.54, 1.807) is 6.20 Å². The van der Waals surface area contributed by atoms with Crippen molar-refractivity contribution in [3.05, 3.63) is 42.2 Å². The van der Waals surface area contributed by atoms with Gasteiger partial charge in [0.1, 0.15) is 0 Å². The first-order chi connectivity index (χ1) is 7.74. The lowest BCUT2D eigenvalue weighted by Crippen LogP contribution is -2.19. The Morgan fingerprint density at radius 3 is 2.81 bits per heavy atom. The van der Waals surface area contributed by atoms with E-state index in [0.29, 0.717) is 5.69 Å². The van der Waals surface area contributed by atoms with E-state index in [1.807, 2.05) is 31.2 Å². The molecule has 0 atom stereocenters. The second-order valence-corrected chi connectivity index (χ2v) is 3.44. The van der Waals surface area contributed by atoms with E-state index in [2.05, 4.69) is 20.8 Å². The van der Waals surface area contributed by atoms with Crippen LogP contribution in [0, 0.1) is 6.92 Å². The molecule has 2 amide bonds. The van der Waals surface area contributed by atoms with E-state index in [9.17, 15) is 4.79 Å². The molecule has 2 rings (SSSR count). The fraction of sp³-hybridized carbons (Fsp3) is 0.0909. The van der Waals surface area contributed by atoms with Crippen molar-refractivity contribution in [2.75, 3.05) is 10.6 Å². The van der Waals surface area contributed by atoms with Crippen molar-refractivity contribution >= 4 is 17.4 Å². The third-order valence-corrected chi connectivity index (χ3v) is 2.03. The number of aromatic amines is 1. The Labute approximate surface area is 92.9 Å². The zero-order valence-electron chi connectivity index (χ0n) is 8.82. The van der Waals surface area contributed by atoms with E-state index in [1.165, 1.54) is 6.20 Å². The summed E-state index contributed by atoms with van der Waals surface area (Å²) >= 11 is 0. The Balaban J connectivity index is 1.97. The molecule has 0 saturated carbocycles. The van der Waals surface area contributed by atoms with Crippen molar-refractivity contribution in [1.82, 2.24) is 10.2 Å². The monoisotopic (exact) mass is 216 g/mol. The molecule has 0 aliphatic heterocycles. The van der Waals surface area contributed by atoms with Gasteiger partial charge in [-0.25, -0.2) is 4.79 Å². The van der Waals surface area contributed by atoms with Gasteiger partial charge in [0.05, 0.1) is 11.9 Å². The number of rotatable bonds is 2. The van der Waals surface area contributed by atoms with Gasteiger partial charge in [-0.1, -0.05) is 12.1 Å². The Kier molecular flexibility index (Phi) is 2.86. The SMILES string of the molecule is Cc1cccc(NC(=O)Nc2cn[nH]c2)c1. The molecule has 5 heteroatoms. The number of nitrogens with one attached hydrogen (secondary N) is 3. The van der Waals surface area contributed by atoms with Crippen molar-refractivity contribution in [3.8, 4) is 0 Å². The van der Waals surface area contributed by atoms with E-state index < -0.39 is 0 Å². The van der Waals surface area contributed by atoms with Crippen LogP contribution in [0.5, 0.6) is 0 Å². The molecule has 0 fully saturated rings. The number of urea groups is 1. The van der Waals surface area contributed by atoms with Crippen LogP contribution in [0.4, 0.5) is 16.2 Å². The molecule has 16 heavy (non-hydrogen) atoms. The number of anilines is 2. The number of carbonyl (C=O) groups is 1. The van der Waals surface area contributed by atoms with Crippen LogP contribution in [0.1, 0.15) is 5.56 Å². The summed E-state index contributed by atoms with van der Waals surface area (Å²) in [5.74, 6) is 0. The summed E-state index contributed by atoms with van der Waals surface area (Å²) in [5.41, 5.74) is 2.49. The summed E-state index contributed by atoms with van der Waals surface area (Å²) < 4.78 is 0. The minimum atomic E-state index is -0.285. The fourth-order valence-electron chi connectivity index (χ4n) is 1.34. The van der Waals surface area contributed by atoms with Crippen LogP contribution < -0.4 is 10.6 Å². The quantitative estimate of drug-likeness (QED) is 0.721. The van der Waals surface area contributed by atoms with Gasteiger partial charge in [0.2, 0.25) is 0 Å². The molecule has 0 aliphatic rings. The highest BCUT2D eigenvalue weighted by Crippen LogP contribution is 2.10. The predicted molar refractivity (Wildman–Crippen MR) is 62.4 cm³/mol. The maximum Gasteiger partial charge on any atom is 0.323 e. The average molecular weight is 216 g/mol. The summed E-state index contributed by atoms with van der Waals surface area (Å²) in [6.45, 7) is 1.97. The van der Waals surface area contributed by atoms with Gasteiger partial charge in [0, 0.05) is 11.9 Å².